The largest absolute Gasteiger partial charge is 0.294 e. The van der Waals surface area contributed by atoms with Gasteiger partial charge < -0.3 is 0 Å². The van der Waals surface area contributed by atoms with Crippen molar-refractivity contribution in [3.8, 4) is 0 Å². The van der Waals surface area contributed by atoms with E-state index >= 15 is 0 Å². The maximum Gasteiger partial charge on any atom is 0.181 e. The van der Waals surface area contributed by atoms with Gasteiger partial charge in [0.15, 0.2) is 11.6 Å². The molecule has 0 aliphatic heterocycles. The molecule has 21 heavy (non-hydrogen) atoms. The van der Waals surface area contributed by atoms with Crippen molar-refractivity contribution in [2.45, 2.75) is 16.7 Å². The molecule has 4 rings (SSSR count). The second-order valence-electron chi connectivity index (χ2n) is 5.95. The molecule has 0 saturated heterocycles. The van der Waals surface area contributed by atoms with Gasteiger partial charge in [-0.1, -0.05) is 77.5 Å². The first-order chi connectivity index (χ1) is 10.0. The fraction of sp³-hybridized carbons (Fsp3) is 0.222. The Morgan fingerprint density at radius 1 is 0.905 bits per heavy atom. The monoisotopic (exact) mass is 340 g/mol. The van der Waals surface area contributed by atoms with E-state index in [1.165, 1.54) is 0 Å². The van der Waals surface area contributed by atoms with Gasteiger partial charge in [-0.2, -0.15) is 0 Å². The molecule has 0 unspecified atom stereocenters. The predicted molar refractivity (Wildman–Crippen MR) is 84.0 cm³/mol. The van der Waals surface area contributed by atoms with Crippen LogP contribution in [0.1, 0.15) is 33.2 Å². The van der Waals surface area contributed by atoms with Crippen LogP contribution in [0.25, 0.3) is 0 Å². The lowest BCUT2D eigenvalue weighted by atomic mass is 9.90. The first-order valence-electron chi connectivity index (χ1n) is 6.95. The van der Waals surface area contributed by atoms with Crippen LogP contribution in [0.5, 0.6) is 0 Å². The lowest BCUT2D eigenvalue weighted by molar-refractivity contribution is 0.0893. The van der Waals surface area contributed by atoms with Crippen molar-refractivity contribution in [3.63, 3.8) is 0 Å². The van der Waals surface area contributed by atoms with Crippen molar-refractivity contribution in [3.05, 3.63) is 71.3 Å². The molecule has 3 heteroatoms. The first kappa shape index (κ1) is 13.0. The Kier molecular flexibility index (Phi) is 2.42. The van der Waals surface area contributed by atoms with Crippen LogP contribution in [0.2, 0.25) is 0 Å². The van der Waals surface area contributed by atoms with Crippen LogP contribution >= 0.6 is 15.9 Å². The summed E-state index contributed by atoms with van der Waals surface area (Å²) in [5.41, 5.74) is 1.64. The van der Waals surface area contributed by atoms with Gasteiger partial charge >= 0.3 is 0 Å². The first-order valence-corrected chi connectivity index (χ1v) is 7.74. The molecule has 0 aromatic heterocycles. The highest BCUT2D eigenvalue weighted by Gasteiger charge is 2.81. The number of carbonyl (C=O) groups is 2. The van der Waals surface area contributed by atoms with Crippen molar-refractivity contribution < 1.29 is 9.59 Å². The minimum Gasteiger partial charge on any atom is -0.294 e. The molecule has 0 spiro atoms. The number of fused-ring (bicyclic) bond motifs is 2. The summed E-state index contributed by atoms with van der Waals surface area (Å²) >= 11 is 3.63. The van der Waals surface area contributed by atoms with Gasteiger partial charge in [0, 0.05) is 16.5 Å². The number of hydrogen-bond donors (Lipinski definition) is 0. The van der Waals surface area contributed by atoms with Crippen LogP contribution in [0.3, 0.4) is 0 Å². The van der Waals surface area contributed by atoms with Crippen LogP contribution in [0.15, 0.2) is 54.6 Å². The normalized spacial score (nSPS) is 33.3. The number of rotatable bonds is 1. The van der Waals surface area contributed by atoms with E-state index in [1.54, 1.807) is 12.1 Å². The summed E-state index contributed by atoms with van der Waals surface area (Å²) in [6.07, 6.45) is 0. The highest BCUT2D eigenvalue weighted by Crippen LogP contribution is 2.71. The Morgan fingerprint density at radius 3 is 2.14 bits per heavy atom. The molecule has 1 saturated carbocycles. The van der Waals surface area contributed by atoms with Crippen molar-refractivity contribution in [2.75, 3.05) is 0 Å². The van der Waals surface area contributed by atoms with Gasteiger partial charge in [-0.25, -0.2) is 0 Å². The standard InChI is InChI=1S/C18H13BrO2/c1-17(11-7-3-2-4-8-11)15-14(20)12-9-5-6-10-13(12)16(21)18(15,17)19/h2-10,15H,1H3/t15-,17-,18-/m1/s1. The molecule has 2 aromatic rings. The molecule has 1 fully saturated rings. The molecule has 0 N–H and O–H groups in total. The predicted octanol–water partition coefficient (Wildman–Crippen LogP) is 3.79. The van der Waals surface area contributed by atoms with Crippen molar-refractivity contribution >= 4 is 27.5 Å². The van der Waals surface area contributed by atoms with E-state index in [0.717, 1.165) is 5.56 Å². The van der Waals surface area contributed by atoms with E-state index in [-0.39, 0.29) is 17.5 Å². The van der Waals surface area contributed by atoms with Crippen molar-refractivity contribution in [2.24, 2.45) is 5.92 Å². The van der Waals surface area contributed by atoms with Gasteiger partial charge in [0.05, 0.1) is 5.92 Å². The quantitative estimate of drug-likeness (QED) is 0.740. The highest BCUT2D eigenvalue weighted by molar-refractivity contribution is 9.10. The van der Waals surface area contributed by atoms with Crippen molar-refractivity contribution in [1.29, 1.82) is 0 Å². The average Bonchev–Trinajstić information content (AvgIpc) is 3.05. The van der Waals surface area contributed by atoms with E-state index in [4.69, 9.17) is 0 Å². The highest BCUT2D eigenvalue weighted by atomic mass is 79.9. The fourth-order valence-electron chi connectivity index (χ4n) is 3.79. The molecule has 104 valence electrons. The number of alkyl halides is 1. The lowest BCUT2D eigenvalue weighted by Crippen LogP contribution is -2.30. The summed E-state index contributed by atoms with van der Waals surface area (Å²) in [4.78, 5) is 25.7. The number of halogens is 1. The molecule has 2 nitrogen and oxygen atoms in total. The summed E-state index contributed by atoms with van der Waals surface area (Å²) in [6.45, 7) is 2.00. The van der Waals surface area contributed by atoms with E-state index in [0.29, 0.717) is 11.1 Å². The Labute approximate surface area is 131 Å². The Bertz CT molecular complexity index is 783. The van der Waals surface area contributed by atoms with Crippen molar-refractivity contribution in [1.82, 2.24) is 0 Å². The zero-order valence-corrected chi connectivity index (χ0v) is 13.1. The zero-order valence-electron chi connectivity index (χ0n) is 11.5. The number of Topliss-reactive ketones (excluding diaryl/α,β-unsaturated/α-hetero) is 2. The molecule has 2 aromatic carbocycles. The van der Waals surface area contributed by atoms with Crippen LogP contribution in [-0.4, -0.2) is 15.9 Å². The molecule has 3 atom stereocenters. The summed E-state index contributed by atoms with van der Waals surface area (Å²) in [5.74, 6) is -0.239. The second kappa shape index (κ2) is 3.92. The number of benzene rings is 2. The van der Waals surface area contributed by atoms with E-state index in [2.05, 4.69) is 15.9 Å². The number of ketones is 2. The molecule has 0 radical (unpaired) electrons. The molecule has 0 amide bonds. The van der Waals surface area contributed by atoms with Gasteiger partial charge in [0.1, 0.15) is 4.32 Å². The maximum atomic E-state index is 12.9. The van der Waals surface area contributed by atoms with Crippen LogP contribution in [0.4, 0.5) is 0 Å². The van der Waals surface area contributed by atoms with E-state index in [9.17, 15) is 9.59 Å². The third-order valence-electron chi connectivity index (χ3n) is 5.05. The molecular formula is C18H13BrO2. The van der Waals surface area contributed by atoms with Gasteiger partial charge in [-0.05, 0) is 5.56 Å². The lowest BCUT2D eigenvalue weighted by Gasteiger charge is -2.18. The SMILES string of the molecule is C[C@@]1(c2ccccc2)[C@H]2C(=O)c3ccccc3C(=O)[C@]21Br. The Hall–Kier alpha value is -1.74. The summed E-state index contributed by atoms with van der Waals surface area (Å²) in [7, 11) is 0. The third-order valence-corrected chi connectivity index (χ3v) is 6.69. The minimum atomic E-state index is -0.799. The van der Waals surface area contributed by atoms with E-state index in [1.807, 2.05) is 49.4 Å². The molecular weight excluding hydrogens is 328 g/mol. The topological polar surface area (TPSA) is 34.1 Å². The fourth-order valence-corrected chi connectivity index (χ4v) is 5.02. The molecule has 2 aliphatic carbocycles. The van der Waals surface area contributed by atoms with Gasteiger partial charge in [-0.15, -0.1) is 0 Å². The summed E-state index contributed by atoms with van der Waals surface area (Å²) in [6, 6.07) is 16.9. The smallest absolute Gasteiger partial charge is 0.181 e. The molecule has 2 aliphatic rings. The summed E-state index contributed by atoms with van der Waals surface area (Å²) < 4.78 is -0.799. The summed E-state index contributed by atoms with van der Waals surface area (Å²) in [5, 5.41) is 0. The maximum absolute atomic E-state index is 12.9. The zero-order chi connectivity index (χ0) is 14.8. The van der Waals surface area contributed by atoms with Crippen LogP contribution < -0.4 is 0 Å². The number of carbonyl (C=O) groups excluding carboxylic acids is 2. The molecule has 0 bridgehead atoms. The number of hydrogen-bond acceptors (Lipinski definition) is 2. The van der Waals surface area contributed by atoms with Crippen LogP contribution in [-0.2, 0) is 5.41 Å². The second-order valence-corrected chi connectivity index (χ2v) is 7.20. The van der Waals surface area contributed by atoms with Crippen LogP contribution in [0, 0.1) is 5.92 Å². The average molecular weight is 341 g/mol. The Morgan fingerprint density at radius 2 is 1.48 bits per heavy atom. The third kappa shape index (κ3) is 1.33. The van der Waals surface area contributed by atoms with Gasteiger partial charge in [0.25, 0.3) is 0 Å². The Balaban J connectivity index is 1.93. The van der Waals surface area contributed by atoms with Gasteiger partial charge in [-0.3, -0.25) is 9.59 Å². The van der Waals surface area contributed by atoms with E-state index < -0.39 is 9.74 Å². The van der Waals surface area contributed by atoms with Gasteiger partial charge in [0.2, 0.25) is 0 Å². The minimum absolute atomic E-state index is 0.0223. The molecule has 0 heterocycles.